The van der Waals surface area contributed by atoms with Gasteiger partial charge in [-0.15, -0.1) is 0 Å². The molecule has 1 saturated heterocycles. The van der Waals surface area contributed by atoms with E-state index in [2.05, 4.69) is 16.0 Å². The molecule has 0 aliphatic carbocycles. The van der Waals surface area contributed by atoms with Gasteiger partial charge in [0.05, 0.1) is 11.9 Å². The third-order valence-electron chi connectivity index (χ3n) is 1.87. The first kappa shape index (κ1) is 5.71. The van der Waals surface area contributed by atoms with Gasteiger partial charge in [-0.2, -0.15) is 0 Å². The predicted molar refractivity (Wildman–Crippen MR) is 41.1 cm³/mol. The average molecular weight is 134 g/mol. The van der Waals surface area contributed by atoms with Crippen LogP contribution in [0.5, 0.6) is 0 Å². The molecular formula is C8H10N2. The Morgan fingerprint density at radius 3 is 2.80 bits per heavy atom. The molecule has 0 saturated carbocycles. The molecule has 1 aliphatic rings. The van der Waals surface area contributed by atoms with Crippen LogP contribution in [0, 0.1) is 0 Å². The Morgan fingerprint density at radius 1 is 1.40 bits per heavy atom. The van der Waals surface area contributed by atoms with Crippen LogP contribution in [0.3, 0.4) is 0 Å². The van der Waals surface area contributed by atoms with Crippen LogP contribution >= 0.6 is 0 Å². The van der Waals surface area contributed by atoms with E-state index in [-0.39, 0.29) is 0 Å². The Labute approximate surface area is 60.5 Å². The summed E-state index contributed by atoms with van der Waals surface area (Å²) in [4.78, 5) is 6.37. The zero-order valence-electron chi connectivity index (χ0n) is 5.83. The fourth-order valence-corrected chi connectivity index (χ4v) is 1.12. The lowest BCUT2D eigenvalue weighted by Crippen LogP contribution is -2.36. The molecule has 0 spiro atoms. The normalized spacial score (nSPS) is 16.6. The first-order chi connectivity index (χ1) is 4.97. The topological polar surface area (TPSA) is 16.1 Å². The molecule has 1 aliphatic heterocycles. The molecule has 52 valence electrons. The summed E-state index contributed by atoms with van der Waals surface area (Å²) in [7, 11) is 0. The van der Waals surface area contributed by atoms with Crippen molar-refractivity contribution in [3.05, 3.63) is 24.5 Å². The van der Waals surface area contributed by atoms with Crippen molar-refractivity contribution in [2.45, 2.75) is 6.42 Å². The van der Waals surface area contributed by atoms with Gasteiger partial charge in [0.25, 0.3) is 0 Å². The molecule has 2 rings (SSSR count). The quantitative estimate of drug-likeness (QED) is 0.575. The summed E-state index contributed by atoms with van der Waals surface area (Å²) in [6.07, 6.45) is 5.05. The van der Waals surface area contributed by atoms with Gasteiger partial charge in [-0.1, -0.05) is 0 Å². The number of hydrogen-bond donors (Lipinski definition) is 0. The van der Waals surface area contributed by atoms with Gasteiger partial charge in [-0.3, -0.25) is 4.98 Å². The standard InChI is InChI=1S/C8H10N2/c1-3-8(7-9-4-1)10-5-2-6-10/h1,3-4,7H,2,5-6H2. The predicted octanol–water partition coefficient (Wildman–Crippen LogP) is 1.29. The number of anilines is 1. The van der Waals surface area contributed by atoms with E-state index in [0.29, 0.717) is 0 Å². The number of hydrogen-bond acceptors (Lipinski definition) is 2. The third kappa shape index (κ3) is 0.856. The Kier molecular flexibility index (Phi) is 1.31. The van der Waals surface area contributed by atoms with E-state index in [9.17, 15) is 0 Å². The minimum Gasteiger partial charge on any atom is -0.370 e. The van der Waals surface area contributed by atoms with Gasteiger partial charge >= 0.3 is 0 Å². The van der Waals surface area contributed by atoms with Crippen molar-refractivity contribution in [2.24, 2.45) is 0 Å². The van der Waals surface area contributed by atoms with E-state index in [1.807, 2.05) is 18.5 Å². The minimum atomic E-state index is 1.20. The lowest BCUT2D eigenvalue weighted by atomic mass is 10.2. The molecule has 2 heteroatoms. The molecule has 1 aromatic heterocycles. The maximum atomic E-state index is 4.05. The zero-order chi connectivity index (χ0) is 6.81. The molecule has 2 heterocycles. The fraction of sp³-hybridized carbons (Fsp3) is 0.375. The van der Waals surface area contributed by atoms with E-state index >= 15 is 0 Å². The highest BCUT2D eigenvalue weighted by Gasteiger charge is 2.13. The molecule has 10 heavy (non-hydrogen) atoms. The zero-order valence-corrected chi connectivity index (χ0v) is 5.83. The molecule has 0 atom stereocenters. The van der Waals surface area contributed by atoms with Crippen molar-refractivity contribution in [2.75, 3.05) is 18.0 Å². The number of rotatable bonds is 1. The van der Waals surface area contributed by atoms with E-state index in [1.54, 1.807) is 0 Å². The molecule has 0 bridgehead atoms. The molecule has 0 aromatic carbocycles. The molecule has 1 aromatic rings. The van der Waals surface area contributed by atoms with Gasteiger partial charge in [0.1, 0.15) is 0 Å². The molecule has 2 nitrogen and oxygen atoms in total. The van der Waals surface area contributed by atoms with Crippen LogP contribution in [-0.4, -0.2) is 18.1 Å². The van der Waals surface area contributed by atoms with Crippen LogP contribution in [0.2, 0.25) is 0 Å². The molecular weight excluding hydrogens is 124 g/mol. The van der Waals surface area contributed by atoms with Crippen LogP contribution in [0.25, 0.3) is 0 Å². The molecule has 1 fully saturated rings. The smallest absolute Gasteiger partial charge is 0.0552 e. The van der Waals surface area contributed by atoms with Crippen molar-refractivity contribution in [1.29, 1.82) is 0 Å². The minimum absolute atomic E-state index is 1.20. The van der Waals surface area contributed by atoms with E-state index in [4.69, 9.17) is 0 Å². The highest BCUT2D eigenvalue weighted by molar-refractivity contribution is 5.45. The van der Waals surface area contributed by atoms with Crippen LogP contribution in [0.1, 0.15) is 6.42 Å². The molecule has 0 radical (unpaired) electrons. The summed E-state index contributed by atoms with van der Waals surface area (Å²) in [6, 6.07) is 4.08. The summed E-state index contributed by atoms with van der Waals surface area (Å²) < 4.78 is 0. The van der Waals surface area contributed by atoms with Gasteiger partial charge in [0, 0.05) is 19.3 Å². The average Bonchev–Trinajstić information content (AvgIpc) is 1.86. The highest BCUT2D eigenvalue weighted by atomic mass is 15.2. The summed E-state index contributed by atoms with van der Waals surface area (Å²) in [6.45, 7) is 2.40. The highest BCUT2D eigenvalue weighted by Crippen LogP contribution is 2.17. The van der Waals surface area contributed by atoms with E-state index in [0.717, 1.165) is 0 Å². The van der Waals surface area contributed by atoms with Crippen molar-refractivity contribution in [1.82, 2.24) is 4.98 Å². The van der Waals surface area contributed by atoms with Crippen molar-refractivity contribution >= 4 is 5.69 Å². The molecule has 0 unspecified atom stereocenters. The van der Waals surface area contributed by atoms with Crippen molar-refractivity contribution < 1.29 is 0 Å². The van der Waals surface area contributed by atoms with Crippen molar-refractivity contribution in [3.63, 3.8) is 0 Å². The maximum Gasteiger partial charge on any atom is 0.0552 e. The van der Waals surface area contributed by atoms with Crippen LogP contribution < -0.4 is 4.90 Å². The van der Waals surface area contributed by atoms with E-state index < -0.39 is 0 Å². The lowest BCUT2D eigenvalue weighted by Gasteiger charge is -2.32. The summed E-state index contributed by atoms with van der Waals surface area (Å²) >= 11 is 0. The van der Waals surface area contributed by atoms with Gasteiger partial charge in [0.15, 0.2) is 0 Å². The molecule has 0 N–H and O–H groups in total. The number of pyridine rings is 1. The maximum absolute atomic E-state index is 4.05. The second-order valence-electron chi connectivity index (χ2n) is 2.55. The van der Waals surface area contributed by atoms with E-state index in [1.165, 1.54) is 25.2 Å². The SMILES string of the molecule is c1cncc(N2CCC2)c1. The summed E-state index contributed by atoms with van der Waals surface area (Å²) in [5.41, 5.74) is 1.26. The van der Waals surface area contributed by atoms with Crippen LogP contribution in [0.4, 0.5) is 5.69 Å². The van der Waals surface area contributed by atoms with Crippen LogP contribution in [0.15, 0.2) is 24.5 Å². The second-order valence-corrected chi connectivity index (χ2v) is 2.55. The first-order valence-corrected chi connectivity index (χ1v) is 3.62. The van der Waals surface area contributed by atoms with Gasteiger partial charge in [-0.05, 0) is 18.6 Å². The van der Waals surface area contributed by atoms with Crippen molar-refractivity contribution in [3.8, 4) is 0 Å². The van der Waals surface area contributed by atoms with Crippen LogP contribution in [-0.2, 0) is 0 Å². The Hall–Kier alpha value is -1.05. The monoisotopic (exact) mass is 134 g/mol. The lowest BCUT2D eigenvalue weighted by molar-refractivity contribution is 0.617. The Balaban J connectivity index is 2.18. The number of nitrogens with zero attached hydrogens (tertiary/aromatic N) is 2. The summed E-state index contributed by atoms with van der Waals surface area (Å²) in [5.74, 6) is 0. The first-order valence-electron chi connectivity index (χ1n) is 3.62. The Bertz CT molecular complexity index is 204. The largest absolute Gasteiger partial charge is 0.370 e. The molecule has 0 amide bonds. The van der Waals surface area contributed by atoms with Gasteiger partial charge in [-0.25, -0.2) is 0 Å². The Morgan fingerprint density at radius 2 is 2.30 bits per heavy atom. The summed E-state index contributed by atoms with van der Waals surface area (Å²) in [5, 5.41) is 0. The fourth-order valence-electron chi connectivity index (χ4n) is 1.12. The second kappa shape index (κ2) is 2.29. The third-order valence-corrected chi connectivity index (χ3v) is 1.87. The van der Waals surface area contributed by atoms with Gasteiger partial charge < -0.3 is 4.90 Å². The van der Waals surface area contributed by atoms with Gasteiger partial charge in [0.2, 0.25) is 0 Å². The number of aromatic nitrogens is 1.